The minimum atomic E-state index is 0.883. The highest BCUT2D eigenvalue weighted by atomic mass is 15.3. The highest BCUT2D eigenvalue weighted by Crippen LogP contribution is 2.36. The zero-order valence-corrected chi connectivity index (χ0v) is 21.6. The Bertz CT molecular complexity index is 2080. The molecule has 8 rings (SSSR count). The molecule has 0 spiro atoms. The second-order valence-electron chi connectivity index (χ2n) is 10.0. The van der Waals surface area contributed by atoms with Gasteiger partial charge in [0, 0.05) is 27.9 Å². The van der Waals surface area contributed by atoms with E-state index in [1.54, 1.807) is 0 Å². The Balaban J connectivity index is 1.42. The highest BCUT2D eigenvalue weighted by molar-refractivity contribution is 6.13. The van der Waals surface area contributed by atoms with Gasteiger partial charge in [0.1, 0.15) is 5.82 Å². The molecule has 0 radical (unpaired) electrons. The van der Waals surface area contributed by atoms with Crippen LogP contribution in [0, 0.1) is 0 Å². The van der Waals surface area contributed by atoms with Crippen LogP contribution in [0.5, 0.6) is 0 Å². The van der Waals surface area contributed by atoms with E-state index in [4.69, 9.17) is 10.1 Å². The van der Waals surface area contributed by atoms with Gasteiger partial charge in [-0.25, -0.2) is 9.67 Å². The minimum Gasteiger partial charge on any atom is -0.294 e. The summed E-state index contributed by atoms with van der Waals surface area (Å²) in [6.07, 6.45) is 2.11. The molecule has 4 heteroatoms. The van der Waals surface area contributed by atoms with Crippen molar-refractivity contribution in [1.82, 2.24) is 19.3 Å². The summed E-state index contributed by atoms with van der Waals surface area (Å²) in [5.74, 6) is 0.883. The molecule has 0 saturated heterocycles. The average Bonchev–Trinajstić information content (AvgIpc) is 3.59. The SMILES string of the molecule is c1ccc(-c2cc(-c3ccccc3)nc(-n3c4ccccc4c4cc5cn(-c6ccccc6)nc5cc43)c2)cc1. The summed E-state index contributed by atoms with van der Waals surface area (Å²) in [6.45, 7) is 0. The molecule has 0 amide bonds. The molecule has 0 aliphatic carbocycles. The Morgan fingerprint density at radius 2 is 1.18 bits per heavy atom. The fourth-order valence-electron chi connectivity index (χ4n) is 5.63. The van der Waals surface area contributed by atoms with Crippen molar-refractivity contribution in [2.75, 3.05) is 0 Å². The van der Waals surface area contributed by atoms with Gasteiger partial charge in [0.2, 0.25) is 0 Å². The van der Waals surface area contributed by atoms with Crippen LogP contribution in [0.25, 0.3) is 66.6 Å². The maximum Gasteiger partial charge on any atom is 0.138 e. The van der Waals surface area contributed by atoms with E-state index < -0.39 is 0 Å². The Morgan fingerprint density at radius 3 is 1.95 bits per heavy atom. The molecular weight excluding hydrogens is 488 g/mol. The van der Waals surface area contributed by atoms with E-state index in [0.717, 1.165) is 55.8 Å². The molecule has 3 heterocycles. The topological polar surface area (TPSA) is 35.6 Å². The third-order valence-corrected chi connectivity index (χ3v) is 7.54. The molecule has 8 aromatic rings. The lowest BCUT2D eigenvalue weighted by atomic mass is 10.0. The van der Waals surface area contributed by atoms with E-state index >= 15 is 0 Å². The summed E-state index contributed by atoms with van der Waals surface area (Å²) in [5, 5.41) is 8.44. The number of rotatable bonds is 4. The lowest BCUT2D eigenvalue weighted by Gasteiger charge is -2.13. The number of hydrogen-bond donors (Lipinski definition) is 0. The lowest BCUT2D eigenvalue weighted by Crippen LogP contribution is -2.00. The number of nitrogens with zero attached hydrogens (tertiary/aromatic N) is 4. The van der Waals surface area contributed by atoms with E-state index in [0.29, 0.717) is 0 Å². The first-order valence-corrected chi connectivity index (χ1v) is 13.4. The van der Waals surface area contributed by atoms with Crippen molar-refractivity contribution < 1.29 is 0 Å². The van der Waals surface area contributed by atoms with Crippen LogP contribution in [-0.4, -0.2) is 19.3 Å². The van der Waals surface area contributed by atoms with Gasteiger partial charge >= 0.3 is 0 Å². The zero-order valence-electron chi connectivity index (χ0n) is 21.6. The van der Waals surface area contributed by atoms with Gasteiger partial charge in [-0.3, -0.25) is 4.57 Å². The van der Waals surface area contributed by atoms with E-state index in [2.05, 4.69) is 126 Å². The Labute approximate surface area is 231 Å². The van der Waals surface area contributed by atoms with Crippen LogP contribution in [0.1, 0.15) is 0 Å². The van der Waals surface area contributed by atoms with Gasteiger partial charge in [0.25, 0.3) is 0 Å². The molecule has 5 aromatic carbocycles. The maximum absolute atomic E-state index is 5.24. The van der Waals surface area contributed by atoms with Gasteiger partial charge in [-0.05, 0) is 53.6 Å². The van der Waals surface area contributed by atoms with Crippen LogP contribution < -0.4 is 0 Å². The average molecular weight is 513 g/mol. The van der Waals surface area contributed by atoms with Crippen LogP contribution in [0.4, 0.5) is 0 Å². The third-order valence-electron chi connectivity index (χ3n) is 7.54. The summed E-state index contributed by atoms with van der Waals surface area (Å²) in [4.78, 5) is 5.24. The van der Waals surface area contributed by atoms with Crippen molar-refractivity contribution in [3.8, 4) is 33.9 Å². The number of fused-ring (bicyclic) bond motifs is 4. The fourth-order valence-corrected chi connectivity index (χ4v) is 5.63. The summed E-state index contributed by atoms with van der Waals surface area (Å²) >= 11 is 0. The zero-order chi connectivity index (χ0) is 26.5. The van der Waals surface area contributed by atoms with Gasteiger partial charge in [-0.15, -0.1) is 0 Å². The molecule has 0 fully saturated rings. The Hall–Kier alpha value is -5.48. The van der Waals surface area contributed by atoms with Crippen LogP contribution >= 0.6 is 0 Å². The van der Waals surface area contributed by atoms with Crippen molar-refractivity contribution in [2.24, 2.45) is 0 Å². The normalized spacial score (nSPS) is 11.5. The van der Waals surface area contributed by atoms with Crippen LogP contribution in [-0.2, 0) is 0 Å². The molecule has 4 nitrogen and oxygen atoms in total. The van der Waals surface area contributed by atoms with Crippen molar-refractivity contribution >= 4 is 32.7 Å². The third kappa shape index (κ3) is 3.69. The lowest BCUT2D eigenvalue weighted by molar-refractivity contribution is 0.896. The first-order valence-electron chi connectivity index (χ1n) is 13.4. The quantitative estimate of drug-likeness (QED) is 0.236. The molecule has 188 valence electrons. The second kappa shape index (κ2) is 9.07. The number of aromatic nitrogens is 4. The molecule has 0 aliphatic rings. The molecule has 3 aromatic heterocycles. The summed E-state index contributed by atoms with van der Waals surface area (Å²) in [6, 6.07) is 48.6. The minimum absolute atomic E-state index is 0.883. The molecule has 40 heavy (non-hydrogen) atoms. The predicted octanol–water partition coefficient (Wildman–Crippen LogP) is 8.85. The van der Waals surface area contributed by atoms with Gasteiger partial charge in [-0.2, -0.15) is 5.10 Å². The van der Waals surface area contributed by atoms with Gasteiger partial charge in [0.05, 0.1) is 27.9 Å². The molecule has 0 atom stereocenters. The van der Waals surface area contributed by atoms with Crippen molar-refractivity contribution in [1.29, 1.82) is 0 Å². The number of benzene rings is 5. The summed E-state index contributed by atoms with van der Waals surface area (Å²) in [5.41, 5.74) is 8.52. The van der Waals surface area contributed by atoms with Crippen molar-refractivity contribution in [3.63, 3.8) is 0 Å². The van der Waals surface area contributed by atoms with Crippen LogP contribution in [0.2, 0.25) is 0 Å². The number of hydrogen-bond acceptors (Lipinski definition) is 2. The van der Waals surface area contributed by atoms with Crippen molar-refractivity contribution in [3.05, 3.63) is 146 Å². The van der Waals surface area contributed by atoms with E-state index in [1.807, 2.05) is 28.9 Å². The van der Waals surface area contributed by atoms with Gasteiger partial charge in [-0.1, -0.05) is 97.1 Å². The van der Waals surface area contributed by atoms with Crippen molar-refractivity contribution in [2.45, 2.75) is 0 Å². The molecule has 0 unspecified atom stereocenters. The first-order chi connectivity index (χ1) is 19.8. The summed E-state index contributed by atoms with van der Waals surface area (Å²) in [7, 11) is 0. The van der Waals surface area contributed by atoms with Crippen LogP contribution in [0.3, 0.4) is 0 Å². The number of para-hydroxylation sites is 2. The largest absolute Gasteiger partial charge is 0.294 e. The molecule has 0 aliphatic heterocycles. The molecular formula is C36H24N4. The Kier molecular flexibility index (Phi) is 5.10. The molecule has 0 N–H and O–H groups in total. The first kappa shape index (κ1) is 22.5. The van der Waals surface area contributed by atoms with Gasteiger partial charge < -0.3 is 0 Å². The predicted molar refractivity (Wildman–Crippen MR) is 164 cm³/mol. The smallest absolute Gasteiger partial charge is 0.138 e. The number of pyridine rings is 1. The van der Waals surface area contributed by atoms with Gasteiger partial charge in [0.15, 0.2) is 0 Å². The van der Waals surface area contributed by atoms with E-state index in [1.165, 1.54) is 10.8 Å². The molecule has 0 saturated carbocycles. The fraction of sp³-hybridized carbons (Fsp3) is 0. The molecule has 0 bridgehead atoms. The summed E-state index contributed by atoms with van der Waals surface area (Å²) < 4.78 is 4.24. The highest BCUT2D eigenvalue weighted by Gasteiger charge is 2.17. The van der Waals surface area contributed by atoms with Crippen LogP contribution in [0.15, 0.2) is 146 Å². The monoisotopic (exact) mass is 512 g/mol. The maximum atomic E-state index is 5.24. The Morgan fingerprint density at radius 1 is 0.500 bits per heavy atom. The van der Waals surface area contributed by atoms with E-state index in [9.17, 15) is 0 Å². The standard InChI is InChI=1S/C36H24N4/c1-4-12-25(13-5-1)27-21-32(26-14-6-2-7-15-26)37-36(22-27)40-34-19-11-10-18-30(34)31-20-28-24-39(29-16-8-3-9-17-29)38-33(28)23-35(31)40/h1-24H. The van der Waals surface area contributed by atoms with E-state index in [-0.39, 0.29) is 0 Å². The second-order valence-corrected chi connectivity index (χ2v) is 10.0.